The number of nitrogens with zero attached hydrogens (tertiary/aromatic N) is 3. The summed E-state index contributed by atoms with van der Waals surface area (Å²) in [4.78, 5) is 45.5. The molecule has 0 radical (unpaired) electrons. The normalized spacial score (nSPS) is 18.8. The zero-order valence-electron chi connectivity index (χ0n) is 16.4. The molecule has 0 N–H and O–H groups in total. The van der Waals surface area contributed by atoms with Gasteiger partial charge in [-0.1, -0.05) is 18.2 Å². The predicted octanol–water partition coefficient (Wildman–Crippen LogP) is 3.00. The van der Waals surface area contributed by atoms with Gasteiger partial charge in [0.2, 0.25) is 5.78 Å². The average Bonchev–Trinajstić information content (AvgIpc) is 3.52. The largest absolute Gasteiger partial charge is 0.497 e. The first-order valence-corrected chi connectivity index (χ1v) is 10.5. The number of likely N-dealkylation sites (tertiary alicyclic amines) is 1. The highest BCUT2D eigenvalue weighted by atomic mass is 32.1. The summed E-state index contributed by atoms with van der Waals surface area (Å²) in [6, 6.07) is 9.84. The number of aromatic nitrogens is 2. The van der Waals surface area contributed by atoms with Crippen LogP contribution in [-0.4, -0.2) is 45.6 Å². The Morgan fingerprint density at radius 3 is 2.77 bits per heavy atom. The molecule has 0 saturated carbocycles. The molecule has 1 aromatic carbocycles. The maximum absolute atomic E-state index is 13.3. The van der Waals surface area contributed by atoms with Gasteiger partial charge < -0.3 is 14.2 Å². The summed E-state index contributed by atoms with van der Waals surface area (Å²) in [5, 5.41) is 1.89. The van der Waals surface area contributed by atoms with E-state index in [4.69, 9.17) is 4.74 Å². The van der Waals surface area contributed by atoms with Crippen LogP contribution in [0.4, 0.5) is 0 Å². The van der Waals surface area contributed by atoms with Gasteiger partial charge in [-0.25, -0.2) is 4.98 Å². The van der Waals surface area contributed by atoms with E-state index in [1.54, 1.807) is 41.7 Å². The van der Waals surface area contributed by atoms with Crippen molar-refractivity contribution in [3.05, 3.63) is 70.9 Å². The topological polar surface area (TPSA) is 81.5 Å². The van der Waals surface area contributed by atoms with E-state index in [9.17, 15) is 14.4 Å². The van der Waals surface area contributed by atoms with Crippen LogP contribution >= 0.6 is 11.3 Å². The summed E-state index contributed by atoms with van der Waals surface area (Å²) in [5.41, 5.74) is 0.363. The van der Waals surface area contributed by atoms with Crippen molar-refractivity contribution in [3.8, 4) is 5.75 Å². The van der Waals surface area contributed by atoms with Crippen LogP contribution < -0.4 is 4.74 Å². The standard InChI is InChI=1S/C22H21N3O4S/c1-29-16-6-2-5-15(13-16)20(26)18-19(17-7-3-12-30-17)25(22(28)21(18)27)10-4-9-24-11-8-23-14-24/h2-3,5-8,11-14,18-19H,4,9-10H2,1H3. The van der Waals surface area contributed by atoms with Gasteiger partial charge in [0.25, 0.3) is 5.91 Å². The van der Waals surface area contributed by atoms with Crippen molar-refractivity contribution in [2.24, 2.45) is 5.92 Å². The fraction of sp³-hybridized carbons (Fsp3) is 0.273. The molecular formula is C22H21N3O4S. The summed E-state index contributed by atoms with van der Waals surface area (Å²) >= 11 is 1.44. The van der Waals surface area contributed by atoms with E-state index in [1.165, 1.54) is 18.4 Å². The number of rotatable bonds is 8. The molecule has 1 fully saturated rings. The third-order valence-corrected chi connectivity index (χ3v) is 6.19. The molecule has 154 valence electrons. The number of imidazole rings is 1. The molecule has 2 unspecified atom stereocenters. The molecule has 0 spiro atoms. The van der Waals surface area contributed by atoms with Gasteiger partial charge in [0.05, 0.1) is 19.5 Å². The Morgan fingerprint density at radius 1 is 1.20 bits per heavy atom. The number of hydrogen-bond donors (Lipinski definition) is 0. The zero-order valence-corrected chi connectivity index (χ0v) is 17.2. The number of methoxy groups -OCH3 is 1. The van der Waals surface area contributed by atoms with Crippen molar-refractivity contribution in [3.63, 3.8) is 0 Å². The van der Waals surface area contributed by atoms with E-state index in [0.29, 0.717) is 30.8 Å². The number of aryl methyl sites for hydroxylation is 1. The molecule has 3 aromatic rings. The molecule has 30 heavy (non-hydrogen) atoms. The molecule has 1 aliphatic rings. The number of hydrogen-bond acceptors (Lipinski definition) is 6. The van der Waals surface area contributed by atoms with E-state index < -0.39 is 23.7 Å². The van der Waals surface area contributed by atoms with Gasteiger partial charge in [0.1, 0.15) is 11.7 Å². The van der Waals surface area contributed by atoms with E-state index in [1.807, 2.05) is 28.3 Å². The lowest BCUT2D eigenvalue weighted by Crippen LogP contribution is -2.31. The first kappa shape index (κ1) is 20.0. The number of thiophene rings is 1. The molecule has 2 aromatic heterocycles. The number of Topliss-reactive ketones (excluding diaryl/α,β-unsaturated/α-hetero) is 2. The Labute approximate surface area is 177 Å². The zero-order chi connectivity index (χ0) is 21.1. The molecule has 0 bridgehead atoms. The van der Waals surface area contributed by atoms with E-state index in [2.05, 4.69) is 4.98 Å². The fourth-order valence-electron chi connectivity index (χ4n) is 3.80. The first-order chi connectivity index (χ1) is 14.6. The summed E-state index contributed by atoms with van der Waals surface area (Å²) < 4.78 is 7.12. The van der Waals surface area contributed by atoms with Gasteiger partial charge in [-0.05, 0) is 30.0 Å². The highest BCUT2D eigenvalue weighted by Crippen LogP contribution is 2.40. The van der Waals surface area contributed by atoms with Gasteiger partial charge in [-0.15, -0.1) is 11.3 Å². The molecular weight excluding hydrogens is 402 g/mol. The highest BCUT2D eigenvalue weighted by Gasteiger charge is 2.51. The second-order valence-electron chi connectivity index (χ2n) is 7.05. The number of ketones is 2. The monoisotopic (exact) mass is 423 g/mol. The van der Waals surface area contributed by atoms with Crippen molar-refractivity contribution in [1.82, 2.24) is 14.5 Å². The van der Waals surface area contributed by atoms with Gasteiger partial charge in [0, 0.05) is 35.9 Å². The van der Waals surface area contributed by atoms with E-state index in [-0.39, 0.29) is 5.78 Å². The molecule has 1 amide bonds. The lowest BCUT2D eigenvalue weighted by Gasteiger charge is -2.26. The summed E-state index contributed by atoms with van der Waals surface area (Å²) in [6.45, 7) is 1.05. The second kappa shape index (κ2) is 8.62. The summed E-state index contributed by atoms with van der Waals surface area (Å²) in [6.07, 6.45) is 5.91. The maximum atomic E-state index is 13.3. The quantitative estimate of drug-likeness (QED) is 0.316. The summed E-state index contributed by atoms with van der Waals surface area (Å²) in [5.74, 6) is -2.13. The minimum Gasteiger partial charge on any atom is -0.497 e. The molecule has 2 atom stereocenters. The average molecular weight is 423 g/mol. The molecule has 8 heteroatoms. The number of amides is 1. The number of carbonyl (C=O) groups excluding carboxylic acids is 3. The van der Waals surface area contributed by atoms with E-state index in [0.717, 1.165) is 4.88 Å². The summed E-state index contributed by atoms with van der Waals surface area (Å²) in [7, 11) is 1.52. The predicted molar refractivity (Wildman–Crippen MR) is 111 cm³/mol. The Kier molecular flexibility index (Phi) is 5.76. The van der Waals surface area contributed by atoms with Crippen LogP contribution in [0, 0.1) is 5.92 Å². The van der Waals surface area contributed by atoms with Crippen molar-refractivity contribution in [2.45, 2.75) is 19.0 Å². The molecule has 1 saturated heterocycles. The molecule has 0 aliphatic carbocycles. The van der Waals surface area contributed by atoms with Crippen molar-refractivity contribution in [1.29, 1.82) is 0 Å². The highest BCUT2D eigenvalue weighted by molar-refractivity contribution is 7.10. The third kappa shape index (κ3) is 3.78. The lowest BCUT2D eigenvalue weighted by molar-refractivity contribution is -0.140. The molecule has 1 aliphatic heterocycles. The van der Waals surface area contributed by atoms with Crippen molar-refractivity contribution < 1.29 is 19.1 Å². The fourth-order valence-corrected chi connectivity index (χ4v) is 4.68. The smallest absolute Gasteiger partial charge is 0.291 e. The minimum atomic E-state index is -1.06. The van der Waals surface area contributed by atoms with Crippen LogP contribution in [0.3, 0.4) is 0 Å². The van der Waals surface area contributed by atoms with Crippen molar-refractivity contribution in [2.75, 3.05) is 13.7 Å². The van der Waals surface area contributed by atoms with Crippen LogP contribution in [0.1, 0.15) is 27.7 Å². The minimum absolute atomic E-state index is 0.359. The third-order valence-electron chi connectivity index (χ3n) is 5.25. The van der Waals surface area contributed by atoms with Crippen LogP contribution in [0.5, 0.6) is 5.75 Å². The Balaban J connectivity index is 1.62. The molecule has 7 nitrogen and oxygen atoms in total. The SMILES string of the molecule is COc1cccc(C(=O)C2C(=O)C(=O)N(CCCn3ccnc3)C2c2cccs2)c1. The second-order valence-corrected chi connectivity index (χ2v) is 8.03. The number of carbonyl (C=O) groups is 3. The van der Waals surface area contributed by atoms with Crippen LogP contribution in [0.2, 0.25) is 0 Å². The van der Waals surface area contributed by atoms with Crippen LogP contribution in [-0.2, 0) is 16.1 Å². The Hall–Kier alpha value is -3.26. The first-order valence-electron chi connectivity index (χ1n) is 9.62. The number of ether oxygens (including phenoxy) is 1. The van der Waals surface area contributed by atoms with Crippen LogP contribution in [0.15, 0.2) is 60.5 Å². The van der Waals surface area contributed by atoms with Gasteiger partial charge in [0.15, 0.2) is 5.78 Å². The number of benzene rings is 1. The van der Waals surface area contributed by atoms with Crippen LogP contribution in [0.25, 0.3) is 0 Å². The van der Waals surface area contributed by atoms with Crippen molar-refractivity contribution >= 4 is 28.8 Å². The van der Waals surface area contributed by atoms with E-state index >= 15 is 0 Å². The maximum Gasteiger partial charge on any atom is 0.291 e. The Bertz CT molecular complexity index is 1050. The van der Waals surface area contributed by atoms with Gasteiger partial charge in [-0.3, -0.25) is 14.4 Å². The van der Waals surface area contributed by atoms with Gasteiger partial charge >= 0.3 is 0 Å². The molecule has 3 heterocycles. The molecule has 4 rings (SSSR count). The Morgan fingerprint density at radius 2 is 2.07 bits per heavy atom. The lowest BCUT2D eigenvalue weighted by atomic mass is 9.89. The van der Waals surface area contributed by atoms with Gasteiger partial charge in [-0.2, -0.15) is 0 Å².